The number of rotatable bonds is 7. The maximum absolute atomic E-state index is 4.70. The van der Waals surface area contributed by atoms with Gasteiger partial charge >= 0.3 is 0 Å². The molecule has 0 saturated carbocycles. The standard InChI is InChI=1S/C21H27N5.HI/c1-3-22-21(23-15-9-12-17-10-5-4-6-11-17)24-16-20-25-18-13-7-8-14-19(18)26(20)2;/h4-8,10-11,13-14H,3,9,12,15-16H2,1-2H3,(H2,22,23,24);1H. The fourth-order valence-corrected chi connectivity index (χ4v) is 2.97. The van der Waals surface area contributed by atoms with Crippen molar-refractivity contribution in [1.82, 2.24) is 20.2 Å². The highest BCUT2D eigenvalue weighted by Crippen LogP contribution is 2.14. The Morgan fingerprint density at radius 2 is 1.78 bits per heavy atom. The van der Waals surface area contributed by atoms with E-state index in [0.717, 1.165) is 48.7 Å². The summed E-state index contributed by atoms with van der Waals surface area (Å²) in [5.74, 6) is 1.81. The van der Waals surface area contributed by atoms with Gasteiger partial charge in [0.05, 0.1) is 11.0 Å². The summed E-state index contributed by atoms with van der Waals surface area (Å²) >= 11 is 0. The Kier molecular flexibility index (Phi) is 8.57. The number of guanidine groups is 1. The van der Waals surface area contributed by atoms with E-state index in [1.165, 1.54) is 5.56 Å². The highest BCUT2D eigenvalue weighted by atomic mass is 127. The van der Waals surface area contributed by atoms with Gasteiger partial charge in [0, 0.05) is 20.1 Å². The third kappa shape index (κ3) is 5.95. The summed E-state index contributed by atoms with van der Waals surface area (Å²) in [7, 11) is 2.04. The molecule has 0 aliphatic rings. The monoisotopic (exact) mass is 477 g/mol. The minimum Gasteiger partial charge on any atom is -0.357 e. The summed E-state index contributed by atoms with van der Waals surface area (Å²) < 4.78 is 2.11. The number of aryl methyl sites for hydroxylation is 2. The Bertz CT molecular complexity index is 857. The quantitative estimate of drug-likeness (QED) is 0.235. The number of nitrogens with one attached hydrogen (secondary N) is 2. The van der Waals surface area contributed by atoms with E-state index < -0.39 is 0 Å². The molecule has 3 aromatic rings. The number of hydrogen-bond donors (Lipinski definition) is 2. The van der Waals surface area contributed by atoms with E-state index in [1.54, 1.807) is 0 Å². The van der Waals surface area contributed by atoms with Gasteiger partial charge in [0.25, 0.3) is 0 Å². The van der Waals surface area contributed by atoms with Crippen molar-refractivity contribution in [1.29, 1.82) is 0 Å². The summed E-state index contributed by atoms with van der Waals surface area (Å²) in [6.07, 6.45) is 2.14. The van der Waals surface area contributed by atoms with E-state index in [9.17, 15) is 0 Å². The van der Waals surface area contributed by atoms with Crippen molar-refractivity contribution >= 4 is 41.0 Å². The van der Waals surface area contributed by atoms with E-state index in [1.807, 2.05) is 25.2 Å². The molecule has 0 fully saturated rings. The first kappa shape index (κ1) is 21.2. The number of aliphatic imine (C=N–C) groups is 1. The fraction of sp³-hybridized carbons (Fsp3) is 0.333. The Morgan fingerprint density at radius 1 is 1.04 bits per heavy atom. The van der Waals surface area contributed by atoms with E-state index in [0.29, 0.717) is 6.54 Å². The van der Waals surface area contributed by atoms with Crippen LogP contribution in [0.5, 0.6) is 0 Å². The van der Waals surface area contributed by atoms with Crippen LogP contribution in [-0.2, 0) is 20.0 Å². The Balaban J connectivity index is 0.00000261. The minimum atomic E-state index is 0. The summed E-state index contributed by atoms with van der Waals surface area (Å²) in [6, 6.07) is 18.7. The molecule has 6 heteroatoms. The molecular formula is C21H28IN5. The lowest BCUT2D eigenvalue weighted by Crippen LogP contribution is -2.37. The van der Waals surface area contributed by atoms with Crippen molar-refractivity contribution in [2.24, 2.45) is 12.0 Å². The zero-order valence-corrected chi connectivity index (χ0v) is 18.3. The van der Waals surface area contributed by atoms with Crippen molar-refractivity contribution in [3.8, 4) is 0 Å². The lowest BCUT2D eigenvalue weighted by molar-refractivity contribution is 0.736. The highest BCUT2D eigenvalue weighted by molar-refractivity contribution is 14.0. The Hall–Kier alpha value is -2.09. The number of halogens is 1. The Morgan fingerprint density at radius 3 is 2.52 bits per heavy atom. The molecule has 0 aliphatic carbocycles. The van der Waals surface area contributed by atoms with Gasteiger partial charge in [-0.2, -0.15) is 0 Å². The molecule has 1 heterocycles. The molecule has 0 aliphatic heterocycles. The van der Waals surface area contributed by atoms with E-state index >= 15 is 0 Å². The van der Waals surface area contributed by atoms with Crippen LogP contribution in [0.2, 0.25) is 0 Å². The van der Waals surface area contributed by atoms with Gasteiger partial charge in [-0.05, 0) is 37.5 Å². The second kappa shape index (κ2) is 10.9. The van der Waals surface area contributed by atoms with Gasteiger partial charge in [0.15, 0.2) is 5.96 Å². The predicted molar refractivity (Wildman–Crippen MR) is 124 cm³/mol. The molecule has 0 atom stereocenters. The maximum atomic E-state index is 4.70. The number of aromatic nitrogens is 2. The third-order valence-electron chi connectivity index (χ3n) is 4.38. The number of imidazole rings is 1. The molecule has 5 nitrogen and oxygen atoms in total. The van der Waals surface area contributed by atoms with Gasteiger partial charge < -0.3 is 15.2 Å². The van der Waals surface area contributed by atoms with Crippen LogP contribution in [0.25, 0.3) is 11.0 Å². The molecule has 3 rings (SSSR count). The van der Waals surface area contributed by atoms with Crippen molar-refractivity contribution in [2.45, 2.75) is 26.3 Å². The summed E-state index contributed by atoms with van der Waals surface area (Å²) in [5, 5.41) is 6.72. The smallest absolute Gasteiger partial charge is 0.191 e. The molecule has 0 amide bonds. The van der Waals surface area contributed by atoms with Crippen LogP contribution < -0.4 is 10.6 Å². The fourth-order valence-electron chi connectivity index (χ4n) is 2.97. The van der Waals surface area contributed by atoms with Crippen molar-refractivity contribution in [3.63, 3.8) is 0 Å². The van der Waals surface area contributed by atoms with Gasteiger partial charge in [-0.3, -0.25) is 0 Å². The lowest BCUT2D eigenvalue weighted by Gasteiger charge is -2.11. The normalized spacial score (nSPS) is 11.3. The number of benzene rings is 2. The van der Waals surface area contributed by atoms with E-state index in [4.69, 9.17) is 4.99 Å². The van der Waals surface area contributed by atoms with Crippen LogP contribution >= 0.6 is 24.0 Å². The largest absolute Gasteiger partial charge is 0.357 e. The zero-order chi connectivity index (χ0) is 18.2. The first-order chi connectivity index (χ1) is 12.8. The molecule has 0 saturated heterocycles. The predicted octanol–water partition coefficient (Wildman–Crippen LogP) is 3.88. The topological polar surface area (TPSA) is 54.2 Å². The van der Waals surface area contributed by atoms with Gasteiger partial charge in [0.1, 0.15) is 12.4 Å². The molecular weight excluding hydrogens is 449 g/mol. The van der Waals surface area contributed by atoms with Crippen molar-refractivity contribution in [3.05, 3.63) is 66.0 Å². The van der Waals surface area contributed by atoms with Crippen LogP contribution in [0.1, 0.15) is 24.7 Å². The number of fused-ring (bicyclic) bond motifs is 1. The minimum absolute atomic E-state index is 0. The zero-order valence-electron chi connectivity index (χ0n) is 16.0. The molecule has 1 aromatic heterocycles. The van der Waals surface area contributed by atoms with Crippen molar-refractivity contribution in [2.75, 3.05) is 13.1 Å². The average Bonchev–Trinajstić information content (AvgIpc) is 3.00. The Labute approximate surface area is 178 Å². The third-order valence-corrected chi connectivity index (χ3v) is 4.38. The van der Waals surface area contributed by atoms with Crippen LogP contribution in [0.4, 0.5) is 0 Å². The van der Waals surface area contributed by atoms with Crippen molar-refractivity contribution < 1.29 is 0 Å². The second-order valence-electron chi connectivity index (χ2n) is 6.29. The molecule has 144 valence electrons. The van der Waals surface area contributed by atoms with E-state index in [2.05, 4.69) is 63.5 Å². The van der Waals surface area contributed by atoms with Gasteiger partial charge in [-0.15, -0.1) is 24.0 Å². The summed E-state index contributed by atoms with van der Waals surface area (Å²) in [5.41, 5.74) is 3.52. The summed E-state index contributed by atoms with van der Waals surface area (Å²) in [6.45, 7) is 4.37. The SMILES string of the molecule is CCNC(=NCc1nc2ccccc2n1C)NCCCc1ccccc1.I. The molecule has 0 unspecified atom stereocenters. The molecule has 27 heavy (non-hydrogen) atoms. The summed E-state index contributed by atoms with van der Waals surface area (Å²) in [4.78, 5) is 9.38. The molecule has 2 N–H and O–H groups in total. The molecule has 0 radical (unpaired) electrons. The van der Waals surface area contributed by atoms with E-state index in [-0.39, 0.29) is 24.0 Å². The molecule has 0 bridgehead atoms. The average molecular weight is 477 g/mol. The van der Waals surface area contributed by atoms with Gasteiger partial charge in [-0.1, -0.05) is 42.5 Å². The van der Waals surface area contributed by atoms with Gasteiger partial charge in [0.2, 0.25) is 0 Å². The number of nitrogens with zero attached hydrogens (tertiary/aromatic N) is 3. The first-order valence-corrected chi connectivity index (χ1v) is 9.24. The molecule has 0 spiro atoms. The van der Waals surface area contributed by atoms with Crippen LogP contribution in [0.3, 0.4) is 0 Å². The first-order valence-electron chi connectivity index (χ1n) is 9.24. The second-order valence-corrected chi connectivity index (χ2v) is 6.29. The molecule has 2 aromatic carbocycles. The number of hydrogen-bond acceptors (Lipinski definition) is 2. The maximum Gasteiger partial charge on any atom is 0.191 e. The highest BCUT2D eigenvalue weighted by Gasteiger charge is 2.06. The van der Waals surface area contributed by atoms with Crippen LogP contribution in [0.15, 0.2) is 59.6 Å². The van der Waals surface area contributed by atoms with Crippen LogP contribution in [0, 0.1) is 0 Å². The van der Waals surface area contributed by atoms with Crippen LogP contribution in [-0.4, -0.2) is 28.6 Å². The lowest BCUT2D eigenvalue weighted by atomic mass is 10.1. The number of para-hydroxylation sites is 2. The van der Waals surface area contributed by atoms with Gasteiger partial charge in [-0.25, -0.2) is 9.98 Å².